The van der Waals surface area contributed by atoms with Crippen LogP contribution in [0, 0.1) is 23.7 Å². The third kappa shape index (κ3) is 70.9. The van der Waals surface area contributed by atoms with Gasteiger partial charge in [0.25, 0.3) is 0 Å². The highest BCUT2D eigenvalue weighted by molar-refractivity contribution is 5.14. The predicted molar refractivity (Wildman–Crippen MR) is 339 cm³/mol. The Bertz CT molecular complexity index is 1710. The molecule has 0 saturated carbocycles. The summed E-state index contributed by atoms with van der Waals surface area (Å²) in [5.41, 5.74) is 16.3. The molecule has 0 fully saturated rings. The van der Waals surface area contributed by atoms with Gasteiger partial charge in [-0.3, -0.25) is 0 Å². The van der Waals surface area contributed by atoms with E-state index < -0.39 is 0 Å². The second-order valence-electron chi connectivity index (χ2n) is 23.7. The lowest BCUT2D eigenvalue weighted by molar-refractivity contribution is 0.559. The van der Waals surface area contributed by atoms with Crippen molar-refractivity contribution in [2.24, 2.45) is 23.7 Å². The van der Waals surface area contributed by atoms with Gasteiger partial charge in [-0.15, -0.1) is 0 Å². The molecule has 0 nitrogen and oxygen atoms in total. The monoisotopic (exact) mass is 991 g/mol. The Morgan fingerprint density at radius 2 is 0.500 bits per heavy atom. The van der Waals surface area contributed by atoms with Gasteiger partial charge in [-0.1, -0.05) is 214 Å². The van der Waals surface area contributed by atoms with Crippen LogP contribution in [0.4, 0.5) is 0 Å². The van der Waals surface area contributed by atoms with Crippen molar-refractivity contribution >= 4 is 0 Å². The summed E-state index contributed by atoms with van der Waals surface area (Å²) >= 11 is 0. The molecule has 0 unspecified atom stereocenters. The first-order valence-electron chi connectivity index (χ1n) is 29.3. The van der Waals surface area contributed by atoms with Crippen molar-refractivity contribution in [3.8, 4) is 0 Å². The van der Waals surface area contributed by atoms with Crippen molar-refractivity contribution in [3.63, 3.8) is 0 Å². The Kier molecular flexibility index (Phi) is 54.8. The third-order valence-corrected chi connectivity index (χ3v) is 11.9. The zero-order valence-electron chi connectivity index (χ0n) is 52.9. The molecule has 0 aliphatic carbocycles. The van der Waals surface area contributed by atoms with E-state index in [-0.39, 0.29) is 0 Å². The van der Waals surface area contributed by atoms with Crippen LogP contribution in [-0.2, 0) is 0 Å². The molecule has 0 rings (SSSR count). The Labute approximate surface area is 455 Å². The molecule has 414 valence electrons. The van der Waals surface area contributed by atoms with Gasteiger partial charge < -0.3 is 0 Å². The van der Waals surface area contributed by atoms with Gasteiger partial charge in [0.1, 0.15) is 0 Å². The van der Waals surface area contributed by atoms with Crippen LogP contribution in [0.2, 0.25) is 0 Å². The van der Waals surface area contributed by atoms with Crippen molar-refractivity contribution in [1.29, 1.82) is 0 Å². The fourth-order valence-corrected chi connectivity index (χ4v) is 7.09. The highest BCUT2D eigenvalue weighted by atomic mass is 14.0. The van der Waals surface area contributed by atoms with Crippen LogP contribution >= 0.6 is 0 Å². The van der Waals surface area contributed by atoms with E-state index in [1.54, 1.807) is 11.1 Å². The van der Waals surface area contributed by atoms with Gasteiger partial charge in [0.15, 0.2) is 0 Å². The maximum atomic E-state index is 2.44. The molecule has 0 bridgehead atoms. The van der Waals surface area contributed by atoms with Crippen molar-refractivity contribution in [1.82, 2.24) is 0 Å². The molecule has 0 heterocycles. The van der Waals surface area contributed by atoms with Crippen LogP contribution in [0.5, 0.6) is 0 Å². The van der Waals surface area contributed by atoms with Crippen LogP contribution in [0.15, 0.2) is 152 Å². The fraction of sp³-hybridized carbons (Fsp3) is 0.639. The fourth-order valence-electron chi connectivity index (χ4n) is 7.09. The molecule has 0 aromatic rings. The lowest BCUT2D eigenvalue weighted by Crippen LogP contribution is -1.86. The summed E-state index contributed by atoms with van der Waals surface area (Å²) < 4.78 is 0. The normalized spacial score (nSPS) is 13.0. The van der Waals surface area contributed by atoms with Gasteiger partial charge in [-0.2, -0.15) is 0 Å². The molecule has 0 aromatic heterocycles. The first-order valence-corrected chi connectivity index (χ1v) is 29.3. The molecule has 0 radical (unpaired) electrons. The summed E-state index contributed by atoms with van der Waals surface area (Å²) in [6, 6.07) is 0. The van der Waals surface area contributed by atoms with Crippen molar-refractivity contribution in [3.05, 3.63) is 152 Å². The average molecular weight is 992 g/mol. The van der Waals surface area contributed by atoms with Crippen LogP contribution in [0.1, 0.15) is 281 Å². The van der Waals surface area contributed by atoms with E-state index in [1.807, 2.05) is 0 Å². The molecular formula is C72H126. The lowest BCUT2D eigenvalue weighted by atomic mass is 10.0. The van der Waals surface area contributed by atoms with Crippen LogP contribution in [-0.4, -0.2) is 0 Å². The molecule has 0 saturated heterocycles. The zero-order chi connectivity index (χ0) is 55.7. The largest absolute Gasteiger partial charge is 0.0856 e. The van der Waals surface area contributed by atoms with Crippen LogP contribution in [0.3, 0.4) is 0 Å². The average Bonchev–Trinajstić information content (AvgIpc) is 3.25. The number of unbranched alkanes of at least 4 members (excludes halogenated alkanes) is 1. The summed E-state index contributed by atoms with van der Waals surface area (Å²) in [6.45, 7) is 51.1. The summed E-state index contributed by atoms with van der Waals surface area (Å²) in [5, 5.41) is 0. The minimum Gasteiger partial charge on any atom is -0.0856 e. The van der Waals surface area contributed by atoms with Crippen LogP contribution < -0.4 is 0 Å². The van der Waals surface area contributed by atoms with Crippen molar-refractivity contribution in [2.45, 2.75) is 281 Å². The van der Waals surface area contributed by atoms with Crippen molar-refractivity contribution in [2.75, 3.05) is 0 Å². The van der Waals surface area contributed by atoms with E-state index in [9.17, 15) is 0 Å². The quantitative estimate of drug-likeness (QED) is 0.0358. The number of hydrogen-bond acceptors (Lipinski definition) is 0. The minimum atomic E-state index is 0.640. The summed E-state index contributed by atoms with van der Waals surface area (Å²) in [5.74, 6) is 2.95. The van der Waals surface area contributed by atoms with Crippen LogP contribution in [0.25, 0.3) is 0 Å². The Hall–Kier alpha value is -3.38. The summed E-state index contributed by atoms with van der Waals surface area (Å²) in [6.07, 6.45) is 57.8. The lowest BCUT2D eigenvalue weighted by Gasteiger charge is -2.03. The molecule has 0 heteroatoms. The highest BCUT2D eigenvalue weighted by Gasteiger charge is 1.97. The van der Waals surface area contributed by atoms with Gasteiger partial charge >= 0.3 is 0 Å². The Morgan fingerprint density at radius 3 is 0.750 bits per heavy atom. The zero-order valence-corrected chi connectivity index (χ0v) is 52.9. The molecule has 0 N–H and O–H groups in total. The van der Waals surface area contributed by atoms with E-state index in [1.165, 1.54) is 172 Å². The SMILES string of the molecule is CC(C)=CCC/C(C)=C/C=C/C(C)C.CC(C)=CCC/C(C)=C/CC/C(C)=C/C=C/C(C)C.CC(C)=CCC/C(C)=C/CC/C(C)=C/CCC(C)C.CC(C)=CCC/C(C)=C/CC/C(C)=C/CCCC(C)C. The maximum absolute atomic E-state index is 2.44. The van der Waals surface area contributed by atoms with Gasteiger partial charge in [0.05, 0.1) is 0 Å². The molecular weight excluding hydrogens is 865 g/mol. The molecule has 72 heavy (non-hydrogen) atoms. The minimum absolute atomic E-state index is 0.640. The Morgan fingerprint density at radius 1 is 0.264 bits per heavy atom. The second kappa shape index (κ2) is 52.5. The molecule has 0 aliphatic heterocycles. The summed E-state index contributed by atoms with van der Waals surface area (Å²) in [4.78, 5) is 0. The van der Waals surface area contributed by atoms with E-state index in [2.05, 4.69) is 250 Å². The van der Waals surface area contributed by atoms with E-state index in [0.717, 1.165) is 11.8 Å². The van der Waals surface area contributed by atoms with E-state index in [0.29, 0.717) is 11.8 Å². The smallest absolute Gasteiger partial charge is 0.0285 e. The topological polar surface area (TPSA) is 0 Å². The maximum Gasteiger partial charge on any atom is -0.0285 e. The van der Waals surface area contributed by atoms with Gasteiger partial charge in [0, 0.05) is 0 Å². The molecule has 0 atom stereocenters. The van der Waals surface area contributed by atoms with Gasteiger partial charge in [-0.25, -0.2) is 0 Å². The van der Waals surface area contributed by atoms with Crippen molar-refractivity contribution < 1.29 is 0 Å². The molecule has 0 amide bonds. The highest BCUT2D eigenvalue weighted by Crippen LogP contribution is 2.16. The standard InChI is InChI=1S/C20H36.C19H34.C19H32.C14H24/c1-17(2)11-7-8-13-19(5)15-10-16-20(6)14-9-12-18(3)4;2*1-16(2)10-7-12-18(5)14-9-15-19(6)13-8-11-17(3)4;1-12(2)8-6-10-14(5)11-7-9-13(3)4/h12-13,16-17H,7-11,14-15H2,1-6H3;10,13-14,17H,7-9,11-12,15H2,1-6H3;7,10-12,15-16H,8-9,13-14H2,1-6H3;6,8-10,12H,7,11H2,1-5H3/b19-13+,20-16+;18-14+,19-13+;10-7+,18-12+,19-15+;8-6+,14-10+. The van der Waals surface area contributed by atoms with E-state index >= 15 is 0 Å². The number of hydrogen-bond donors (Lipinski definition) is 0. The Balaban J connectivity index is -0.000000431. The third-order valence-electron chi connectivity index (χ3n) is 11.9. The molecule has 0 aliphatic rings. The van der Waals surface area contributed by atoms with Gasteiger partial charge in [-0.05, 0) is 243 Å². The predicted octanol–water partition coefficient (Wildman–Crippen LogP) is 25.6. The second-order valence-corrected chi connectivity index (χ2v) is 23.7. The molecule has 0 spiro atoms. The summed E-state index contributed by atoms with van der Waals surface area (Å²) in [7, 11) is 0. The molecule has 0 aromatic carbocycles. The number of allylic oxidation sites excluding steroid dienone is 26. The van der Waals surface area contributed by atoms with E-state index in [4.69, 9.17) is 0 Å². The first kappa shape index (κ1) is 75.1. The first-order chi connectivity index (χ1) is 33.8. The number of rotatable bonds is 32. The van der Waals surface area contributed by atoms with Gasteiger partial charge in [0.2, 0.25) is 0 Å².